The number of aromatic nitrogens is 1. The molecular weight excluding hydrogens is 398 g/mol. The fourth-order valence-corrected chi connectivity index (χ4v) is 4.81. The number of carbonyl (C=O) groups excluding carboxylic acids is 1. The molecule has 0 fully saturated rings. The van der Waals surface area contributed by atoms with E-state index in [1.807, 2.05) is 67.6 Å². The largest absolute Gasteiger partial charge is 0.337 e. The number of amides is 1. The van der Waals surface area contributed by atoms with Crippen LogP contribution < -0.4 is 0 Å². The molecule has 158 valence electrons. The van der Waals surface area contributed by atoms with Crippen molar-refractivity contribution in [3.63, 3.8) is 0 Å². The predicted octanol–water partition coefficient (Wildman–Crippen LogP) is 5.49. The Morgan fingerprint density at radius 3 is 2.47 bits per heavy atom. The first-order valence-corrected chi connectivity index (χ1v) is 11.0. The minimum absolute atomic E-state index is 0.0935. The highest BCUT2D eigenvalue weighted by molar-refractivity contribution is 7.98. The minimum atomic E-state index is -0.374. The van der Waals surface area contributed by atoms with Gasteiger partial charge in [0.05, 0.1) is 4.92 Å². The summed E-state index contributed by atoms with van der Waals surface area (Å²) in [6, 6.07) is 15.0. The third-order valence-electron chi connectivity index (χ3n) is 4.97. The third-order valence-corrected chi connectivity index (χ3v) is 6.09. The molecule has 0 bridgehead atoms. The topological polar surface area (TPSA) is 68.4 Å². The standard InChI is InChI=1S/C23H27N3O3S/c1-16(2)25(17(3)4)23(27)14-24-13-22(20-10-5-6-11-21(20)24)30-15-18-8-7-9-19(12-18)26(28)29/h5-13,16-17H,14-15H2,1-4H3. The van der Waals surface area contributed by atoms with Gasteiger partial charge in [0.25, 0.3) is 5.69 Å². The minimum Gasteiger partial charge on any atom is -0.337 e. The maximum atomic E-state index is 13.0. The Hall–Kier alpha value is -2.80. The summed E-state index contributed by atoms with van der Waals surface area (Å²) in [6.45, 7) is 8.42. The zero-order valence-corrected chi connectivity index (χ0v) is 18.6. The highest BCUT2D eigenvalue weighted by Crippen LogP contribution is 2.33. The van der Waals surface area contributed by atoms with E-state index >= 15 is 0 Å². The number of para-hydroxylation sites is 1. The van der Waals surface area contributed by atoms with E-state index in [2.05, 4.69) is 6.07 Å². The Kier molecular flexibility index (Phi) is 6.82. The van der Waals surface area contributed by atoms with E-state index in [0.717, 1.165) is 21.4 Å². The Labute approximate surface area is 181 Å². The van der Waals surface area contributed by atoms with Gasteiger partial charge in [0, 0.05) is 52.0 Å². The number of hydrogen-bond acceptors (Lipinski definition) is 4. The molecule has 7 heteroatoms. The summed E-state index contributed by atoms with van der Waals surface area (Å²) in [6.07, 6.45) is 2.02. The number of benzene rings is 2. The number of thioether (sulfide) groups is 1. The fraction of sp³-hybridized carbons (Fsp3) is 0.348. The average Bonchev–Trinajstić information content (AvgIpc) is 3.03. The smallest absolute Gasteiger partial charge is 0.269 e. The second kappa shape index (κ2) is 9.34. The van der Waals surface area contributed by atoms with Crippen molar-refractivity contribution < 1.29 is 9.72 Å². The van der Waals surface area contributed by atoms with Crippen molar-refractivity contribution in [2.24, 2.45) is 0 Å². The van der Waals surface area contributed by atoms with Gasteiger partial charge in [-0.15, -0.1) is 11.8 Å². The molecule has 0 aliphatic rings. The Morgan fingerprint density at radius 2 is 1.80 bits per heavy atom. The van der Waals surface area contributed by atoms with Crippen molar-refractivity contribution in [2.45, 2.75) is 57.0 Å². The predicted molar refractivity (Wildman–Crippen MR) is 122 cm³/mol. The number of nitro groups is 1. The molecule has 0 unspecified atom stereocenters. The lowest BCUT2D eigenvalue weighted by molar-refractivity contribution is -0.384. The van der Waals surface area contributed by atoms with Gasteiger partial charge in [-0.1, -0.05) is 30.3 Å². The second-order valence-corrected chi connectivity index (χ2v) is 8.86. The molecule has 0 N–H and O–H groups in total. The monoisotopic (exact) mass is 425 g/mol. The van der Waals surface area contributed by atoms with Gasteiger partial charge in [-0.05, 0) is 39.3 Å². The van der Waals surface area contributed by atoms with Crippen LogP contribution in [0, 0.1) is 10.1 Å². The number of non-ortho nitro benzene ring substituents is 1. The Balaban J connectivity index is 1.84. The van der Waals surface area contributed by atoms with Crippen LogP contribution in [0.15, 0.2) is 59.6 Å². The van der Waals surface area contributed by atoms with E-state index in [1.165, 1.54) is 6.07 Å². The van der Waals surface area contributed by atoms with Gasteiger partial charge >= 0.3 is 0 Å². The van der Waals surface area contributed by atoms with Gasteiger partial charge in [0.15, 0.2) is 0 Å². The lowest BCUT2D eigenvalue weighted by atomic mass is 10.2. The highest BCUT2D eigenvalue weighted by atomic mass is 32.2. The van der Waals surface area contributed by atoms with E-state index in [1.54, 1.807) is 23.9 Å². The maximum absolute atomic E-state index is 13.0. The summed E-state index contributed by atoms with van der Waals surface area (Å²) in [4.78, 5) is 26.6. The summed E-state index contributed by atoms with van der Waals surface area (Å²) in [7, 11) is 0. The summed E-state index contributed by atoms with van der Waals surface area (Å²) in [5.74, 6) is 0.712. The molecule has 0 aliphatic carbocycles. The first kappa shape index (κ1) is 21.9. The van der Waals surface area contributed by atoms with Crippen molar-refractivity contribution in [2.75, 3.05) is 0 Å². The molecule has 1 heterocycles. The van der Waals surface area contributed by atoms with Crippen molar-refractivity contribution >= 4 is 34.3 Å². The van der Waals surface area contributed by atoms with Gasteiger partial charge in [-0.25, -0.2) is 0 Å². The normalized spacial score (nSPS) is 11.4. The molecule has 0 aliphatic heterocycles. The second-order valence-electron chi connectivity index (χ2n) is 7.84. The molecule has 0 spiro atoms. The molecule has 0 saturated carbocycles. The van der Waals surface area contributed by atoms with Crippen LogP contribution in [0.5, 0.6) is 0 Å². The number of nitro benzene ring substituents is 1. The van der Waals surface area contributed by atoms with Crippen LogP contribution >= 0.6 is 11.8 Å². The van der Waals surface area contributed by atoms with Crippen molar-refractivity contribution in [1.82, 2.24) is 9.47 Å². The van der Waals surface area contributed by atoms with Crippen LogP contribution in [0.1, 0.15) is 33.3 Å². The van der Waals surface area contributed by atoms with Gasteiger partial charge in [0.2, 0.25) is 5.91 Å². The zero-order chi connectivity index (χ0) is 21.8. The highest BCUT2D eigenvalue weighted by Gasteiger charge is 2.21. The molecule has 1 aromatic heterocycles. The Bertz CT molecular complexity index is 1050. The van der Waals surface area contributed by atoms with E-state index in [0.29, 0.717) is 5.75 Å². The molecule has 0 radical (unpaired) electrons. The number of carbonyl (C=O) groups is 1. The SMILES string of the molecule is CC(C)N(C(=O)Cn1cc(SCc2cccc([N+](=O)[O-])c2)c2ccccc21)C(C)C. The molecule has 3 aromatic rings. The van der Waals surface area contributed by atoms with E-state index in [4.69, 9.17) is 0 Å². The molecule has 0 saturated heterocycles. The van der Waals surface area contributed by atoms with Crippen molar-refractivity contribution in [3.05, 3.63) is 70.4 Å². The molecule has 30 heavy (non-hydrogen) atoms. The number of rotatable bonds is 8. The molecule has 0 atom stereocenters. The van der Waals surface area contributed by atoms with Crippen molar-refractivity contribution in [3.8, 4) is 0 Å². The lowest BCUT2D eigenvalue weighted by Crippen LogP contribution is -2.43. The van der Waals surface area contributed by atoms with Crippen LogP contribution in [0.25, 0.3) is 10.9 Å². The summed E-state index contributed by atoms with van der Waals surface area (Å²) in [5.41, 5.74) is 2.01. The summed E-state index contributed by atoms with van der Waals surface area (Å²) in [5, 5.41) is 12.1. The van der Waals surface area contributed by atoms with Gasteiger partial charge < -0.3 is 9.47 Å². The lowest BCUT2D eigenvalue weighted by Gasteiger charge is -2.31. The maximum Gasteiger partial charge on any atom is 0.269 e. The van der Waals surface area contributed by atoms with E-state index < -0.39 is 0 Å². The van der Waals surface area contributed by atoms with E-state index in [-0.39, 0.29) is 35.1 Å². The van der Waals surface area contributed by atoms with Gasteiger partial charge in [-0.2, -0.15) is 0 Å². The average molecular weight is 426 g/mol. The Morgan fingerprint density at radius 1 is 1.10 bits per heavy atom. The summed E-state index contributed by atoms with van der Waals surface area (Å²) >= 11 is 1.62. The van der Waals surface area contributed by atoms with Gasteiger partial charge in [-0.3, -0.25) is 14.9 Å². The van der Waals surface area contributed by atoms with Crippen LogP contribution in [-0.2, 0) is 17.1 Å². The van der Waals surface area contributed by atoms with Gasteiger partial charge in [0.1, 0.15) is 6.54 Å². The molecule has 2 aromatic carbocycles. The van der Waals surface area contributed by atoms with Crippen LogP contribution in [0.2, 0.25) is 0 Å². The fourth-order valence-electron chi connectivity index (χ4n) is 3.78. The van der Waals surface area contributed by atoms with Crippen LogP contribution in [-0.4, -0.2) is 32.4 Å². The van der Waals surface area contributed by atoms with Crippen molar-refractivity contribution in [1.29, 1.82) is 0 Å². The van der Waals surface area contributed by atoms with E-state index in [9.17, 15) is 14.9 Å². The first-order chi connectivity index (χ1) is 14.3. The molecular formula is C23H27N3O3S. The number of fused-ring (bicyclic) bond motifs is 1. The summed E-state index contributed by atoms with van der Waals surface area (Å²) < 4.78 is 2.01. The number of hydrogen-bond donors (Lipinski definition) is 0. The molecule has 6 nitrogen and oxygen atoms in total. The molecule has 3 rings (SSSR count). The van der Waals surface area contributed by atoms with Crippen LogP contribution in [0.3, 0.4) is 0 Å². The first-order valence-electron chi connectivity index (χ1n) is 10.0. The third kappa shape index (κ3) is 4.84. The quantitative estimate of drug-likeness (QED) is 0.272. The van der Waals surface area contributed by atoms with Crippen LogP contribution in [0.4, 0.5) is 5.69 Å². The number of nitrogens with zero attached hydrogens (tertiary/aromatic N) is 3. The zero-order valence-electron chi connectivity index (χ0n) is 17.7. The molecule has 1 amide bonds.